The number of benzene rings is 1. The number of piperidine rings is 1. The number of nitrogens with zero attached hydrogens (tertiary/aromatic N) is 2. The van der Waals surface area contributed by atoms with Crippen molar-refractivity contribution in [3.05, 3.63) is 35.8 Å². The molecule has 2 aliphatic rings. The summed E-state index contributed by atoms with van der Waals surface area (Å²) in [6.45, 7) is 7.84. The molecule has 134 valence electrons. The average molecular weight is 341 g/mol. The Morgan fingerprint density at radius 3 is 2.76 bits per heavy atom. The van der Waals surface area contributed by atoms with E-state index in [1.165, 1.54) is 5.69 Å². The lowest BCUT2D eigenvalue weighted by Crippen LogP contribution is -2.47. The zero-order valence-electron chi connectivity index (χ0n) is 15.3. The molecular weight excluding hydrogens is 314 g/mol. The zero-order chi connectivity index (χ0) is 17.4. The van der Waals surface area contributed by atoms with Crippen LogP contribution in [-0.4, -0.2) is 36.4 Å². The van der Waals surface area contributed by atoms with E-state index < -0.39 is 0 Å². The molecule has 1 aromatic heterocycles. The molecule has 1 saturated heterocycles. The minimum atomic E-state index is -0.289. The monoisotopic (exact) mass is 341 g/mol. The van der Waals surface area contributed by atoms with Crippen LogP contribution < -0.4 is 10.1 Å². The fraction of sp³-hybridized carbons (Fsp3) is 0.550. The summed E-state index contributed by atoms with van der Waals surface area (Å²) in [6.07, 6.45) is 1.93. The highest BCUT2D eigenvalue weighted by Gasteiger charge is 2.46. The van der Waals surface area contributed by atoms with Crippen molar-refractivity contribution in [3.8, 4) is 17.0 Å². The van der Waals surface area contributed by atoms with Gasteiger partial charge in [-0.2, -0.15) is 0 Å². The van der Waals surface area contributed by atoms with Crippen LogP contribution >= 0.6 is 0 Å². The Balaban J connectivity index is 1.95. The quantitative estimate of drug-likeness (QED) is 0.927. The summed E-state index contributed by atoms with van der Waals surface area (Å²) < 4.78 is 14.4. The first-order valence-electron chi connectivity index (χ1n) is 9.25. The molecule has 5 nitrogen and oxygen atoms in total. The van der Waals surface area contributed by atoms with Gasteiger partial charge < -0.3 is 19.4 Å². The van der Waals surface area contributed by atoms with Crippen molar-refractivity contribution < 1.29 is 9.47 Å². The predicted molar refractivity (Wildman–Crippen MR) is 98.0 cm³/mol. The van der Waals surface area contributed by atoms with E-state index in [1.54, 1.807) is 7.11 Å². The molecule has 4 rings (SSSR count). The highest BCUT2D eigenvalue weighted by Crippen LogP contribution is 2.49. The van der Waals surface area contributed by atoms with Gasteiger partial charge in [0.1, 0.15) is 11.6 Å². The maximum absolute atomic E-state index is 6.66. The van der Waals surface area contributed by atoms with Gasteiger partial charge in [-0.05, 0) is 25.2 Å². The van der Waals surface area contributed by atoms with Gasteiger partial charge in [0.05, 0.1) is 18.0 Å². The number of imidazole rings is 1. The Hall–Kier alpha value is -1.85. The third kappa shape index (κ3) is 2.66. The lowest BCUT2D eigenvalue weighted by atomic mass is 9.83. The van der Waals surface area contributed by atoms with Crippen molar-refractivity contribution in [2.75, 3.05) is 26.8 Å². The Morgan fingerprint density at radius 1 is 1.28 bits per heavy atom. The molecule has 0 bridgehead atoms. The summed E-state index contributed by atoms with van der Waals surface area (Å²) in [5, 5.41) is 3.47. The van der Waals surface area contributed by atoms with E-state index in [0.717, 1.165) is 55.3 Å². The second-order valence-electron chi connectivity index (χ2n) is 7.31. The molecule has 0 atom stereocenters. The minimum Gasteiger partial charge on any atom is -0.480 e. The fourth-order valence-corrected chi connectivity index (χ4v) is 4.15. The highest BCUT2D eigenvalue weighted by molar-refractivity contribution is 5.73. The van der Waals surface area contributed by atoms with E-state index in [0.29, 0.717) is 12.5 Å². The molecule has 1 aromatic carbocycles. The van der Waals surface area contributed by atoms with Crippen LogP contribution in [0.4, 0.5) is 0 Å². The molecule has 1 N–H and O–H groups in total. The first-order chi connectivity index (χ1) is 12.2. The van der Waals surface area contributed by atoms with Gasteiger partial charge in [0.25, 0.3) is 0 Å². The second-order valence-corrected chi connectivity index (χ2v) is 7.31. The van der Waals surface area contributed by atoms with Crippen LogP contribution in [0.1, 0.15) is 44.1 Å². The molecule has 25 heavy (non-hydrogen) atoms. The highest BCUT2D eigenvalue weighted by atomic mass is 16.5. The average Bonchev–Trinajstić information content (AvgIpc) is 3.02. The van der Waals surface area contributed by atoms with Gasteiger partial charge in [-0.3, -0.25) is 0 Å². The molecule has 1 fully saturated rings. The number of para-hydroxylation sites is 1. The van der Waals surface area contributed by atoms with Crippen LogP contribution in [0, 0.1) is 0 Å². The second kappa shape index (κ2) is 6.46. The standard InChI is InChI=1S/C20H27N3O2/c1-14(2)19-22-17-15-6-4-5-7-16(15)25-20(8-10-21-11-9-20)18(17)23(19)12-13-24-3/h4-7,14,21H,8-13H2,1-3H3. The molecule has 5 heteroatoms. The van der Waals surface area contributed by atoms with Gasteiger partial charge in [-0.1, -0.05) is 26.0 Å². The molecule has 0 aliphatic carbocycles. The van der Waals surface area contributed by atoms with Gasteiger partial charge in [0, 0.05) is 38.0 Å². The third-order valence-electron chi connectivity index (χ3n) is 5.32. The summed E-state index contributed by atoms with van der Waals surface area (Å²) >= 11 is 0. The van der Waals surface area contributed by atoms with Crippen molar-refractivity contribution in [2.24, 2.45) is 0 Å². The van der Waals surface area contributed by atoms with Gasteiger partial charge in [-0.15, -0.1) is 0 Å². The van der Waals surface area contributed by atoms with Crippen molar-refractivity contribution in [2.45, 2.75) is 44.8 Å². The number of ether oxygens (including phenoxy) is 2. The van der Waals surface area contributed by atoms with Gasteiger partial charge in [-0.25, -0.2) is 4.98 Å². The predicted octanol–water partition coefficient (Wildman–Crippen LogP) is 3.29. The lowest BCUT2D eigenvalue weighted by molar-refractivity contribution is 0.0217. The largest absolute Gasteiger partial charge is 0.480 e. The van der Waals surface area contributed by atoms with Crippen LogP contribution in [0.2, 0.25) is 0 Å². The Kier molecular flexibility index (Phi) is 4.29. The Labute approximate surface area is 149 Å². The summed E-state index contributed by atoms with van der Waals surface area (Å²) in [4.78, 5) is 5.10. The molecule has 2 aliphatic heterocycles. The Morgan fingerprint density at radius 2 is 2.04 bits per heavy atom. The summed E-state index contributed by atoms with van der Waals surface area (Å²) in [7, 11) is 1.75. The summed E-state index contributed by atoms with van der Waals surface area (Å²) in [6, 6.07) is 8.31. The van der Waals surface area contributed by atoms with Crippen LogP contribution in [0.5, 0.6) is 5.75 Å². The molecule has 1 spiro atoms. The molecule has 0 saturated carbocycles. The topological polar surface area (TPSA) is 48.3 Å². The van der Waals surface area contributed by atoms with E-state index in [4.69, 9.17) is 14.5 Å². The smallest absolute Gasteiger partial charge is 0.153 e. The van der Waals surface area contributed by atoms with Crippen molar-refractivity contribution in [1.29, 1.82) is 0 Å². The number of hydrogen-bond donors (Lipinski definition) is 1. The van der Waals surface area contributed by atoms with E-state index >= 15 is 0 Å². The number of nitrogens with one attached hydrogen (secondary N) is 1. The van der Waals surface area contributed by atoms with E-state index in [9.17, 15) is 0 Å². The maximum atomic E-state index is 6.66. The summed E-state index contributed by atoms with van der Waals surface area (Å²) in [5.74, 6) is 2.44. The SMILES string of the molecule is COCCn1c(C(C)C)nc2c1C1(CCNCC1)Oc1ccccc1-2. The maximum Gasteiger partial charge on any atom is 0.153 e. The van der Waals surface area contributed by atoms with Gasteiger partial charge in [0.15, 0.2) is 5.60 Å². The van der Waals surface area contributed by atoms with Crippen LogP contribution in [0.15, 0.2) is 24.3 Å². The normalized spacial score (nSPS) is 18.1. The van der Waals surface area contributed by atoms with E-state index in [1.807, 2.05) is 6.07 Å². The number of fused-ring (bicyclic) bond motifs is 4. The Bertz CT molecular complexity index is 760. The first kappa shape index (κ1) is 16.6. The fourth-order valence-electron chi connectivity index (χ4n) is 4.15. The molecule has 0 radical (unpaired) electrons. The zero-order valence-corrected chi connectivity index (χ0v) is 15.3. The van der Waals surface area contributed by atoms with Gasteiger partial charge in [0.2, 0.25) is 0 Å². The molecule has 2 aromatic rings. The van der Waals surface area contributed by atoms with Crippen LogP contribution in [0.3, 0.4) is 0 Å². The van der Waals surface area contributed by atoms with Crippen molar-refractivity contribution in [1.82, 2.24) is 14.9 Å². The summed E-state index contributed by atoms with van der Waals surface area (Å²) in [5.41, 5.74) is 3.17. The van der Waals surface area contributed by atoms with Crippen LogP contribution in [-0.2, 0) is 16.9 Å². The minimum absolute atomic E-state index is 0.289. The number of hydrogen-bond acceptors (Lipinski definition) is 4. The van der Waals surface area contributed by atoms with Crippen molar-refractivity contribution >= 4 is 0 Å². The number of aromatic nitrogens is 2. The van der Waals surface area contributed by atoms with Gasteiger partial charge >= 0.3 is 0 Å². The lowest BCUT2D eigenvalue weighted by Gasteiger charge is -2.42. The third-order valence-corrected chi connectivity index (χ3v) is 5.32. The number of methoxy groups -OCH3 is 1. The molecular formula is C20H27N3O2. The molecule has 0 unspecified atom stereocenters. The number of rotatable bonds is 4. The first-order valence-corrected chi connectivity index (χ1v) is 9.25. The molecule has 3 heterocycles. The van der Waals surface area contributed by atoms with Crippen molar-refractivity contribution in [3.63, 3.8) is 0 Å². The van der Waals surface area contributed by atoms with E-state index in [2.05, 4.69) is 41.9 Å². The molecule has 0 amide bonds. The van der Waals surface area contributed by atoms with Crippen LogP contribution in [0.25, 0.3) is 11.3 Å². The van der Waals surface area contributed by atoms with E-state index in [-0.39, 0.29) is 5.60 Å².